The molecule has 1 aliphatic heterocycles. The van der Waals surface area contributed by atoms with Crippen molar-refractivity contribution in [2.24, 2.45) is 14.1 Å². The summed E-state index contributed by atoms with van der Waals surface area (Å²) in [4.78, 5) is 34.0. The molecule has 2 aromatic heterocycles. The fourth-order valence-corrected chi connectivity index (χ4v) is 3.59. The van der Waals surface area contributed by atoms with Crippen LogP contribution in [0.1, 0.15) is 12.2 Å². The van der Waals surface area contributed by atoms with Gasteiger partial charge in [0.05, 0.1) is 13.2 Å². The molecule has 0 amide bonds. The molecule has 2 aromatic rings. The van der Waals surface area contributed by atoms with E-state index in [0.29, 0.717) is 37.2 Å². The summed E-state index contributed by atoms with van der Waals surface area (Å²) in [6.45, 7) is 5.35. The second-order valence-corrected chi connectivity index (χ2v) is 6.98. The van der Waals surface area contributed by atoms with Crippen molar-refractivity contribution in [2.75, 3.05) is 45.9 Å². The van der Waals surface area contributed by atoms with Crippen LogP contribution in [-0.2, 0) is 27.2 Å². The number of aromatic nitrogens is 4. The molecule has 150 valence electrons. The molecule has 0 spiro atoms. The van der Waals surface area contributed by atoms with Crippen LogP contribution in [-0.4, -0.2) is 84.6 Å². The largest absolute Gasteiger partial charge is 0.396 e. The van der Waals surface area contributed by atoms with E-state index in [1.165, 1.54) is 11.6 Å². The Morgan fingerprint density at radius 1 is 0.926 bits per heavy atom. The molecule has 2 N–H and O–H groups in total. The van der Waals surface area contributed by atoms with E-state index in [1.807, 2.05) is 4.57 Å². The number of aliphatic hydroxyl groups excluding tert-OH is 2. The molecule has 27 heavy (non-hydrogen) atoms. The second-order valence-electron chi connectivity index (χ2n) is 6.98. The van der Waals surface area contributed by atoms with Crippen LogP contribution in [0.2, 0.25) is 0 Å². The van der Waals surface area contributed by atoms with Gasteiger partial charge < -0.3 is 14.8 Å². The van der Waals surface area contributed by atoms with Gasteiger partial charge in [0.25, 0.3) is 5.56 Å². The van der Waals surface area contributed by atoms with Gasteiger partial charge >= 0.3 is 5.69 Å². The lowest BCUT2D eigenvalue weighted by molar-refractivity contribution is 0.106. The van der Waals surface area contributed by atoms with Gasteiger partial charge in [0.15, 0.2) is 11.2 Å². The summed E-state index contributed by atoms with van der Waals surface area (Å²) in [6, 6.07) is 0. The molecule has 0 unspecified atom stereocenters. The van der Waals surface area contributed by atoms with Crippen molar-refractivity contribution in [1.29, 1.82) is 0 Å². The number of hydrogen-bond donors (Lipinski definition) is 2. The highest BCUT2D eigenvalue weighted by Gasteiger charge is 2.22. The molecular formula is C17H28N6O4. The topological polar surface area (TPSA) is 109 Å². The molecule has 0 saturated carbocycles. The van der Waals surface area contributed by atoms with Crippen molar-refractivity contribution < 1.29 is 10.2 Å². The Balaban J connectivity index is 1.95. The van der Waals surface area contributed by atoms with Gasteiger partial charge in [-0.25, -0.2) is 9.78 Å². The van der Waals surface area contributed by atoms with Gasteiger partial charge in [-0.2, -0.15) is 0 Å². The molecule has 1 aliphatic rings. The van der Waals surface area contributed by atoms with Gasteiger partial charge in [-0.15, -0.1) is 0 Å². The molecule has 0 radical (unpaired) electrons. The minimum atomic E-state index is -0.400. The fraction of sp³-hybridized carbons (Fsp3) is 0.706. The van der Waals surface area contributed by atoms with Gasteiger partial charge in [0.2, 0.25) is 0 Å². The monoisotopic (exact) mass is 380 g/mol. The van der Waals surface area contributed by atoms with Crippen LogP contribution in [0.4, 0.5) is 0 Å². The minimum absolute atomic E-state index is 0.0189. The number of hydrogen-bond acceptors (Lipinski definition) is 7. The molecule has 1 saturated heterocycles. The highest BCUT2D eigenvalue weighted by atomic mass is 16.3. The van der Waals surface area contributed by atoms with E-state index < -0.39 is 5.69 Å². The normalized spacial score (nSPS) is 16.4. The molecule has 1 fully saturated rings. The van der Waals surface area contributed by atoms with E-state index in [1.54, 1.807) is 7.05 Å². The van der Waals surface area contributed by atoms with Gasteiger partial charge in [-0.05, 0) is 6.42 Å². The lowest BCUT2D eigenvalue weighted by Crippen LogP contribution is -2.46. The van der Waals surface area contributed by atoms with Crippen molar-refractivity contribution in [3.8, 4) is 0 Å². The van der Waals surface area contributed by atoms with E-state index in [2.05, 4.69) is 14.8 Å². The zero-order valence-corrected chi connectivity index (χ0v) is 16.0. The van der Waals surface area contributed by atoms with Crippen LogP contribution in [0, 0.1) is 0 Å². The predicted molar refractivity (Wildman–Crippen MR) is 101 cm³/mol. The number of nitrogens with zero attached hydrogens (tertiary/aromatic N) is 6. The number of piperazine rings is 1. The maximum atomic E-state index is 12.7. The smallest absolute Gasteiger partial charge is 0.332 e. The lowest BCUT2D eigenvalue weighted by atomic mass is 10.3. The lowest BCUT2D eigenvalue weighted by Gasteiger charge is -2.34. The Kier molecular flexibility index (Phi) is 6.10. The summed E-state index contributed by atoms with van der Waals surface area (Å²) in [5, 5.41) is 18.3. The maximum Gasteiger partial charge on any atom is 0.332 e. The average molecular weight is 380 g/mol. The molecule has 0 aliphatic carbocycles. The Morgan fingerprint density at radius 3 is 2.22 bits per heavy atom. The number of imidazole rings is 1. The van der Waals surface area contributed by atoms with Gasteiger partial charge in [0.1, 0.15) is 5.82 Å². The standard InChI is InChI=1S/C17H28N6O4/c1-19-15-14(16(26)20(2)17(19)27)23(4-3-10-24)13(18-15)12-22-7-5-21(6-8-22)9-11-25/h24-25H,3-12H2,1-2H3. The first kappa shape index (κ1) is 19.7. The van der Waals surface area contributed by atoms with Crippen LogP contribution in [0.25, 0.3) is 11.2 Å². The summed E-state index contributed by atoms with van der Waals surface area (Å²) in [5.74, 6) is 0.729. The molecule has 10 heteroatoms. The van der Waals surface area contributed by atoms with Crippen molar-refractivity contribution in [1.82, 2.24) is 28.5 Å². The predicted octanol–water partition coefficient (Wildman–Crippen LogP) is -2.07. The first-order valence-corrected chi connectivity index (χ1v) is 9.29. The maximum absolute atomic E-state index is 12.7. The van der Waals surface area contributed by atoms with Crippen molar-refractivity contribution in [3.05, 3.63) is 26.7 Å². The quantitative estimate of drug-likeness (QED) is 0.568. The third-order valence-electron chi connectivity index (χ3n) is 5.21. The number of rotatable bonds is 7. The summed E-state index contributed by atoms with van der Waals surface area (Å²) in [6.07, 6.45) is 0.509. The van der Waals surface area contributed by atoms with E-state index in [4.69, 9.17) is 5.11 Å². The summed E-state index contributed by atoms with van der Waals surface area (Å²) < 4.78 is 4.33. The highest BCUT2D eigenvalue weighted by Crippen LogP contribution is 2.15. The average Bonchev–Trinajstić information content (AvgIpc) is 3.03. The van der Waals surface area contributed by atoms with Crippen molar-refractivity contribution in [2.45, 2.75) is 19.5 Å². The summed E-state index contributed by atoms with van der Waals surface area (Å²) >= 11 is 0. The zero-order chi connectivity index (χ0) is 19.6. The summed E-state index contributed by atoms with van der Waals surface area (Å²) in [7, 11) is 3.08. The van der Waals surface area contributed by atoms with E-state index in [-0.39, 0.29) is 18.8 Å². The molecule has 3 heterocycles. The Labute approximate surface area is 156 Å². The molecule has 10 nitrogen and oxygen atoms in total. The number of aryl methyl sites for hydroxylation is 2. The number of aliphatic hydroxyl groups is 2. The number of fused-ring (bicyclic) bond motifs is 1. The van der Waals surface area contributed by atoms with Crippen LogP contribution < -0.4 is 11.2 Å². The van der Waals surface area contributed by atoms with Crippen LogP contribution in [0.5, 0.6) is 0 Å². The molecular weight excluding hydrogens is 352 g/mol. The van der Waals surface area contributed by atoms with Gasteiger partial charge in [-0.1, -0.05) is 0 Å². The van der Waals surface area contributed by atoms with Gasteiger partial charge in [-0.3, -0.25) is 23.7 Å². The van der Waals surface area contributed by atoms with Gasteiger partial charge in [0, 0.05) is 60.0 Å². The minimum Gasteiger partial charge on any atom is -0.396 e. The third-order valence-corrected chi connectivity index (χ3v) is 5.21. The van der Waals surface area contributed by atoms with Crippen LogP contribution >= 0.6 is 0 Å². The van der Waals surface area contributed by atoms with Crippen molar-refractivity contribution in [3.63, 3.8) is 0 Å². The van der Waals surface area contributed by atoms with E-state index in [9.17, 15) is 14.7 Å². The third kappa shape index (κ3) is 3.84. The van der Waals surface area contributed by atoms with E-state index in [0.717, 1.165) is 36.6 Å². The molecule has 0 aromatic carbocycles. The van der Waals surface area contributed by atoms with Crippen LogP contribution in [0.15, 0.2) is 9.59 Å². The second kappa shape index (κ2) is 8.34. The first-order chi connectivity index (χ1) is 13.0. The first-order valence-electron chi connectivity index (χ1n) is 9.29. The molecule has 0 bridgehead atoms. The SMILES string of the molecule is Cn1c(=O)c2c(nc(CN3CCN(CCO)CC3)n2CCCO)n(C)c1=O. The Hall–Kier alpha value is -2.01. The van der Waals surface area contributed by atoms with Crippen molar-refractivity contribution >= 4 is 11.2 Å². The highest BCUT2D eigenvalue weighted by molar-refractivity contribution is 5.71. The van der Waals surface area contributed by atoms with E-state index >= 15 is 0 Å². The zero-order valence-electron chi connectivity index (χ0n) is 16.0. The van der Waals surface area contributed by atoms with Crippen LogP contribution in [0.3, 0.4) is 0 Å². The molecule has 0 atom stereocenters. The Bertz CT molecular complexity index is 907. The number of β-amino-alcohol motifs (C(OH)–C–C–N with tert-alkyl or cyclic N) is 1. The fourth-order valence-electron chi connectivity index (χ4n) is 3.59. The molecule has 3 rings (SSSR count). The Morgan fingerprint density at radius 2 is 1.59 bits per heavy atom. The summed E-state index contributed by atoms with van der Waals surface area (Å²) in [5.41, 5.74) is 0.0259.